The van der Waals surface area contributed by atoms with Gasteiger partial charge in [0.05, 0.1) is 25.0 Å². The molecule has 0 radical (unpaired) electrons. The summed E-state index contributed by atoms with van der Waals surface area (Å²) < 4.78 is 10.2. The second kappa shape index (κ2) is 7.03. The number of likely N-dealkylation sites (tertiary alicyclic amines) is 1. The zero-order chi connectivity index (χ0) is 17.9. The molecule has 24 heavy (non-hydrogen) atoms. The Bertz CT molecular complexity index is 626. The largest absolute Gasteiger partial charge is 0.469 e. The lowest BCUT2D eigenvalue weighted by atomic mass is 9.81. The molecule has 6 heteroatoms. The second-order valence-electron chi connectivity index (χ2n) is 6.52. The van der Waals surface area contributed by atoms with Crippen molar-refractivity contribution in [3.8, 4) is 0 Å². The lowest BCUT2D eigenvalue weighted by Crippen LogP contribution is -2.52. The predicted molar refractivity (Wildman–Crippen MR) is 86.7 cm³/mol. The molecule has 1 fully saturated rings. The van der Waals surface area contributed by atoms with Crippen molar-refractivity contribution < 1.29 is 23.9 Å². The van der Waals surface area contributed by atoms with Crippen molar-refractivity contribution >= 4 is 17.8 Å². The molecule has 0 aliphatic carbocycles. The van der Waals surface area contributed by atoms with Gasteiger partial charge < -0.3 is 14.4 Å². The van der Waals surface area contributed by atoms with Crippen LogP contribution >= 0.6 is 0 Å². The first-order valence-corrected chi connectivity index (χ1v) is 7.86. The third kappa shape index (κ3) is 3.58. The number of benzene rings is 1. The number of ether oxygens (including phenoxy) is 2. The van der Waals surface area contributed by atoms with Gasteiger partial charge in [0, 0.05) is 13.5 Å². The Balaban J connectivity index is 2.36. The average molecular weight is 333 g/mol. The lowest BCUT2D eigenvalue weighted by Gasteiger charge is -2.38. The molecule has 2 atom stereocenters. The Hall–Kier alpha value is -2.37. The normalized spacial score (nSPS) is 20.8. The van der Waals surface area contributed by atoms with Crippen molar-refractivity contribution in [3.05, 3.63) is 35.9 Å². The van der Waals surface area contributed by atoms with E-state index >= 15 is 0 Å². The zero-order valence-electron chi connectivity index (χ0n) is 14.4. The number of hydrogen-bond donors (Lipinski definition) is 0. The fourth-order valence-corrected chi connectivity index (χ4v) is 3.28. The molecule has 2 rings (SSSR count). The van der Waals surface area contributed by atoms with Gasteiger partial charge in [-0.1, -0.05) is 30.3 Å². The van der Waals surface area contributed by atoms with Crippen molar-refractivity contribution in [3.63, 3.8) is 0 Å². The van der Waals surface area contributed by atoms with Gasteiger partial charge >= 0.3 is 11.9 Å². The Morgan fingerprint density at radius 1 is 1.25 bits per heavy atom. The molecule has 130 valence electrons. The number of amides is 1. The molecular formula is C18H23NO5. The smallest absolute Gasteiger partial charge is 0.313 e. The molecule has 1 heterocycles. The van der Waals surface area contributed by atoms with Crippen LogP contribution in [0.5, 0.6) is 0 Å². The van der Waals surface area contributed by atoms with E-state index in [0.29, 0.717) is 6.54 Å². The molecule has 1 aliphatic heterocycles. The van der Waals surface area contributed by atoms with Crippen molar-refractivity contribution in [2.45, 2.75) is 45.9 Å². The van der Waals surface area contributed by atoms with Crippen molar-refractivity contribution in [1.29, 1.82) is 0 Å². The molecule has 1 aliphatic rings. The van der Waals surface area contributed by atoms with Gasteiger partial charge in [-0.3, -0.25) is 14.4 Å². The highest BCUT2D eigenvalue weighted by Crippen LogP contribution is 2.37. The maximum absolute atomic E-state index is 12.5. The van der Waals surface area contributed by atoms with E-state index in [9.17, 15) is 14.4 Å². The Kier molecular flexibility index (Phi) is 5.26. The summed E-state index contributed by atoms with van der Waals surface area (Å²) >= 11 is 0. The minimum atomic E-state index is -1.00. The molecule has 1 amide bonds. The van der Waals surface area contributed by atoms with Gasteiger partial charge in [0.2, 0.25) is 5.91 Å². The number of hydrogen-bond acceptors (Lipinski definition) is 5. The number of methoxy groups -OCH3 is 1. The van der Waals surface area contributed by atoms with Crippen LogP contribution in [0.4, 0.5) is 0 Å². The maximum atomic E-state index is 12.5. The standard InChI is InChI=1S/C18H23NO5/c1-12(20)24-14-10-15(21)19(11-13-8-6-5-7-9-13)16(14)18(2,3)17(22)23-4/h5-9,14,16H,10-11H2,1-4H3. The number of esters is 2. The molecule has 6 nitrogen and oxygen atoms in total. The Morgan fingerprint density at radius 2 is 1.88 bits per heavy atom. The topological polar surface area (TPSA) is 72.9 Å². The van der Waals surface area contributed by atoms with Gasteiger partial charge in [-0.15, -0.1) is 0 Å². The van der Waals surface area contributed by atoms with Crippen LogP contribution in [0.1, 0.15) is 32.8 Å². The minimum absolute atomic E-state index is 0.0670. The minimum Gasteiger partial charge on any atom is -0.469 e. The summed E-state index contributed by atoms with van der Waals surface area (Å²) in [7, 11) is 1.31. The molecule has 2 unspecified atom stereocenters. The van der Waals surface area contributed by atoms with Crippen molar-refractivity contribution in [2.75, 3.05) is 7.11 Å². The SMILES string of the molecule is COC(=O)C(C)(C)C1C(OC(C)=O)CC(=O)N1Cc1ccccc1. The van der Waals surface area contributed by atoms with Crippen LogP contribution in [-0.4, -0.2) is 42.0 Å². The van der Waals surface area contributed by atoms with Crippen LogP contribution in [-0.2, 0) is 30.4 Å². The summed E-state index contributed by atoms with van der Waals surface area (Å²) in [5.74, 6) is -1.07. The summed E-state index contributed by atoms with van der Waals surface area (Å²) in [5.41, 5.74) is -0.0597. The summed E-state index contributed by atoms with van der Waals surface area (Å²) in [6, 6.07) is 8.91. The molecular weight excluding hydrogens is 310 g/mol. The van der Waals surface area contributed by atoms with Gasteiger partial charge in [-0.25, -0.2) is 0 Å². The van der Waals surface area contributed by atoms with E-state index in [-0.39, 0.29) is 12.3 Å². The molecule has 0 N–H and O–H groups in total. The summed E-state index contributed by atoms with van der Waals surface area (Å²) in [6.07, 6.45) is -0.606. The molecule has 1 aromatic rings. The first-order valence-electron chi connectivity index (χ1n) is 7.86. The molecule has 0 spiro atoms. The second-order valence-corrected chi connectivity index (χ2v) is 6.52. The molecule has 0 saturated carbocycles. The van der Waals surface area contributed by atoms with Gasteiger partial charge in [0.1, 0.15) is 6.10 Å². The van der Waals surface area contributed by atoms with Crippen LogP contribution < -0.4 is 0 Å². The summed E-state index contributed by atoms with van der Waals surface area (Å²) in [5, 5.41) is 0. The quantitative estimate of drug-likeness (QED) is 0.770. The van der Waals surface area contributed by atoms with Gasteiger partial charge in [0.25, 0.3) is 0 Å². The number of nitrogens with zero attached hydrogens (tertiary/aromatic N) is 1. The first kappa shape index (κ1) is 18.0. The molecule has 0 bridgehead atoms. The van der Waals surface area contributed by atoms with Crippen LogP contribution in [0.2, 0.25) is 0 Å². The van der Waals surface area contributed by atoms with Crippen LogP contribution in [0.15, 0.2) is 30.3 Å². The molecule has 0 aromatic heterocycles. The average Bonchev–Trinajstić information content (AvgIpc) is 2.82. The highest BCUT2D eigenvalue weighted by atomic mass is 16.5. The van der Waals surface area contributed by atoms with E-state index in [4.69, 9.17) is 9.47 Å². The predicted octanol–water partition coefficient (Wildman–Crippen LogP) is 1.92. The lowest BCUT2D eigenvalue weighted by molar-refractivity contribution is -0.163. The third-order valence-corrected chi connectivity index (χ3v) is 4.35. The van der Waals surface area contributed by atoms with E-state index in [1.165, 1.54) is 14.0 Å². The Labute approximate surface area is 141 Å². The number of carbonyl (C=O) groups excluding carboxylic acids is 3. The van der Waals surface area contributed by atoms with Crippen LogP contribution in [0.25, 0.3) is 0 Å². The number of rotatable bonds is 5. The van der Waals surface area contributed by atoms with Gasteiger partial charge in [-0.2, -0.15) is 0 Å². The van der Waals surface area contributed by atoms with Crippen LogP contribution in [0, 0.1) is 5.41 Å². The fraction of sp³-hybridized carbons (Fsp3) is 0.500. The van der Waals surface area contributed by atoms with E-state index < -0.39 is 29.5 Å². The highest BCUT2D eigenvalue weighted by molar-refractivity contribution is 5.84. The summed E-state index contributed by atoms with van der Waals surface area (Å²) in [4.78, 5) is 37.8. The number of carbonyl (C=O) groups is 3. The third-order valence-electron chi connectivity index (χ3n) is 4.35. The van der Waals surface area contributed by atoms with Crippen LogP contribution in [0.3, 0.4) is 0 Å². The zero-order valence-corrected chi connectivity index (χ0v) is 14.4. The highest BCUT2D eigenvalue weighted by Gasteiger charge is 2.53. The van der Waals surface area contributed by atoms with Gasteiger partial charge in [0.15, 0.2) is 0 Å². The molecule has 1 aromatic carbocycles. The fourth-order valence-electron chi connectivity index (χ4n) is 3.28. The first-order chi connectivity index (χ1) is 11.3. The summed E-state index contributed by atoms with van der Waals surface area (Å²) in [6.45, 7) is 5.06. The van der Waals surface area contributed by atoms with E-state index in [1.54, 1.807) is 18.7 Å². The Morgan fingerprint density at radius 3 is 2.42 bits per heavy atom. The van der Waals surface area contributed by atoms with E-state index in [1.807, 2.05) is 30.3 Å². The maximum Gasteiger partial charge on any atom is 0.313 e. The van der Waals surface area contributed by atoms with Crippen molar-refractivity contribution in [1.82, 2.24) is 4.90 Å². The van der Waals surface area contributed by atoms with Crippen molar-refractivity contribution in [2.24, 2.45) is 5.41 Å². The van der Waals surface area contributed by atoms with E-state index in [0.717, 1.165) is 5.56 Å². The van der Waals surface area contributed by atoms with Gasteiger partial charge in [-0.05, 0) is 19.4 Å². The molecule has 1 saturated heterocycles. The monoisotopic (exact) mass is 333 g/mol. The van der Waals surface area contributed by atoms with E-state index in [2.05, 4.69) is 0 Å².